The molecule has 0 radical (unpaired) electrons. The highest BCUT2D eigenvalue weighted by Gasteiger charge is 2.34. The Labute approximate surface area is 117 Å². The summed E-state index contributed by atoms with van der Waals surface area (Å²) in [5, 5.41) is 10.7. The zero-order chi connectivity index (χ0) is 15.5. The van der Waals surface area contributed by atoms with Gasteiger partial charge >= 0.3 is 12.3 Å². The summed E-state index contributed by atoms with van der Waals surface area (Å²) in [6, 6.07) is 6.70. The van der Waals surface area contributed by atoms with Crippen LogP contribution in [0.15, 0.2) is 36.7 Å². The molecule has 0 atom stereocenters. The Kier molecular flexibility index (Phi) is 4.06. The number of rotatable bonds is 3. The van der Waals surface area contributed by atoms with Crippen LogP contribution in [-0.4, -0.2) is 21.2 Å². The molecule has 0 bridgehead atoms. The largest absolute Gasteiger partial charge is 0.465 e. The Morgan fingerprint density at radius 3 is 2.43 bits per heavy atom. The van der Waals surface area contributed by atoms with Gasteiger partial charge in [0.25, 0.3) is 0 Å². The number of carboxylic acid groups (broad SMARTS) is 1. The van der Waals surface area contributed by atoms with Gasteiger partial charge in [0.05, 0.1) is 0 Å². The van der Waals surface area contributed by atoms with Crippen molar-refractivity contribution in [2.75, 3.05) is 0 Å². The molecule has 0 aliphatic heterocycles. The maximum absolute atomic E-state index is 12.4. The molecule has 2 rings (SSSR count). The van der Waals surface area contributed by atoms with Gasteiger partial charge in [0, 0.05) is 24.5 Å². The minimum Gasteiger partial charge on any atom is -0.465 e. The molecule has 110 valence electrons. The maximum atomic E-state index is 12.4. The van der Waals surface area contributed by atoms with Gasteiger partial charge in [0.15, 0.2) is 0 Å². The summed E-state index contributed by atoms with van der Waals surface area (Å²) in [7, 11) is 0. The normalized spacial score (nSPS) is 11.2. The van der Waals surface area contributed by atoms with Crippen molar-refractivity contribution >= 4 is 6.09 Å². The predicted octanol–water partition coefficient (Wildman–Crippen LogP) is 2.93. The van der Waals surface area contributed by atoms with Crippen LogP contribution in [0.5, 0.6) is 0 Å². The standard InChI is InChI=1S/C13H10F3N3O2/c14-13(15,16)11-17-6-10(7-18-11)9-3-1-2-8(4-9)5-19-12(20)21/h1-4,6-7,19H,5H2,(H,20,21). The topological polar surface area (TPSA) is 75.1 Å². The van der Waals surface area contributed by atoms with E-state index in [2.05, 4.69) is 15.3 Å². The fourth-order valence-electron chi connectivity index (χ4n) is 1.66. The molecule has 0 saturated carbocycles. The third-order valence-electron chi connectivity index (χ3n) is 2.61. The van der Waals surface area contributed by atoms with Crippen molar-refractivity contribution in [3.05, 3.63) is 48.0 Å². The second kappa shape index (κ2) is 5.78. The summed E-state index contributed by atoms with van der Waals surface area (Å²) < 4.78 is 37.1. The van der Waals surface area contributed by atoms with Crippen LogP contribution in [0, 0.1) is 0 Å². The first-order chi connectivity index (χ1) is 9.86. The summed E-state index contributed by atoms with van der Waals surface area (Å²) in [6.45, 7) is 0.102. The van der Waals surface area contributed by atoms with Gasteiger partial charge < -0.3 is 10.4 Å². The maximum Gasteiger partial charge on any atom is 0.451 e. The van der Waals surface area contributed by atoms with E-state index in [0.717, 1.165) is 12.4 Å². The van der Waals surface area contributed by atoms with Crippen molar-refractivity contribution in [1.29, 1.82) is 0 Å². The van der Waals surface area contributed by atoms with Crippen molar-refractivity contribution in [2.24, 2.45) is 0 Å². The highest BCUT2D eigenvalue weighted by Crippen LogP contribution is 2.27. The number of hydrogen-bond donors (Lipinski definition) is 2. The number of carbonyl (C=O) groups is 1. The number of amides is 1. The number of hydrogen-bond acceptors (Lipinski definition) is 3. The molecule has 1 amide bonds. The van der Waals surface area contributed by atoms with Crippen molar-refractivity contribution in [3.63, 3.8) is 0 Å². The summed E-state index contributed by atoms with van der Waals surface area (Å²) >= 11 is 0. The van der Waals surface area contributed by atoms with Gasteiger partial charge in [0.1, 0.15) is 0 Å². The lowest BCUT2D eigenvalue weighted by Crippen LogP contribution is -2.19. The molecule has 2 N–H and O–H groups in total. The molecule has 5 nitrogen and oxygen atoms in total. The van der Waals surface area contributed by atoms with Crippen molar-refractivity contribution < 1.29 is 23.1 Å². The molecule has 1 aromatic heterocycles. The zero-order valence-electron chi connectivity index (χ0n) is 10.6. The van der Waals surface area contributed by atoms with Crippen LogP contribution in [0.2, 0.25) is 0 Å². The first-order valence-corrected chi connectivity index (χ1v) is 5.81. The van der Waals surface area contributed by atoms with Crippen LogP contribution in [0.25, 0.3) is 11.1 Å². The Balaban J connectivity index is 2.22. The minimum absolute atomic E-state index is 0.102. The van der Waals surface area contributed by atoms with Crippen molar-refractivity contribution in [3.8, 4) is 11.1 Å². The zero-order valence-corrected chi connectivity index (χ0v) is 10.6. The van der Waals surface area contributed by atoms with E-state index < -0.39 is 18.1 Å². The number of alkyl halides is 3. The Morgan fingerprint density at radius 2 is 1.86 bits per heavy atom. The van der Waals surface area contributed by atoms with Crippen molar-refractivity contribution in [2.45, 2.75) is 12.7 Å². The van der Waals surface area contributed by atoms with Crippen LogP contribution in [0.1, 0.15) is 11.4 Å². The first kappa shape index (κ1) is 14.8. The Hall–Kier alpha value is -2.64. The highest BCUT2D eigenvalue weighted by molar-refractivity contribution is 5.65. The molecule has 1 heterocycles. The lowest BCUT2D eigenvalue weighted by Gasteiger charge is -2.07. The molecule has 21 heavy (non-hydrogen) atoms. The second-order valence-electron chi connectivity index (χ2n) is 4.15. The van der Waals surface area contributed by atoms with Crippen LogP contribution in [0.3, 0.4) is 0 Å². The molecular weight excluding hydrogens is 287 g/mol. The second-order valence-corrected chi connectivity index (χ2v) is 4.15. The molecule has 2 aromatic rings. The molecule has 1 aromatic carbocycles. The number of halogens is 3. The van der Waals surface area contributed by atoms with E-state index in [-0.39, 0.29) is 6.54 Å². The fourth-order valence-corrected chi connectivity index (χ4v) is 1.66. The number of benzene rings is 1. The highest BCUT2D eigenvalue weighted by atomic mass is 19.4. The molecule has 0 aliphatic rings. The summed E-state index contributed by atoms with van der Waals surface area (Å²) in [5.41, 5.74) is 1.70. The van der Waals surface area contributed by atoms with Crippen LogP contribution >= 0.6 is 0 Å². The van der Waals surface area contributed by atoms with E-state index in [1.165, 1.54) is 0 Å². The average Bonchev–Trinajstić information content (AvgIpc) is 2.45. The third-order valence-corrected chi connectivity index (χ3v) is 2.61. The fraction of sp³-hybridized carbons (Fsp3) is 0.154. The van der Waals surface area contributed by atoms with E-state index in [0.29, 0.717) is 16.7 Å². The monoisotopic (exact) mass is 297 g/mol. The van der Waals surface area contributed by atoms with Crippen LogP contribution in [-0.2, 0) is 12.7 Å². The quantitative estimate of drug-likeness (QED) is 0.913. The summed E-state index contributed by atoms with van der Waals surface area (Å²) in [5.74, 6) is -1.20. The van der Waals surface area contributed by atoms with Gasteiger partial charge in [-0.1, -0.05) is 18.2 Å². The molecule has 0 spiro atoms. The molecule has 8 heteroatoms. The lowest BCUT2D eigenvalue weighted by molar-refractivity contribution is -0.144. The van der Waals surface area contributed by atoms with Gasteiger partial charge in [-0.2, -0.15) is 13.2 Å². The van der Waals surface area contributed by atoms with Crippen LogP contribution in [0.4, 0.5) is 18.0 Å². The van der Waals surface area contributed by atoms with Crippen LogP contribution < -0.4 is 5.32 Å². The van der Waals surface area contributed by atoms with E-state index >= 15 is 0 Å². The number of nitrogens with one attached hydrogen (secondary N) is 1. The van der Waals surface area contributed by atoms with Gasteiger partial charge in [-0.3, -0.25) is 0 Å². The number of aromatic nitrogens is 2. The molecule has 0 aliphatic carbocycles. The SMILES string of the molecule is O=C(O)NCc1cccc(-c2cnc(C(F)(F)F)nc2)c1. The Morgan fingerprint density at radius 1 is 1.19 bits per heavy atom. The summed E-state index contributed by atoms with van der Waals surface area (Å²) in [6.07, 6.45) is -3.57. The molecule has 0 fully saturated rings. The lowest BCUT2D eigenvalue weighted by atomic mass is 10.1. The van der Waals surface area contributed by atoms with E-state index in [1.807, 2.05) is 0 Å². The van der Waals surface area contributed by atoms with Gasteiger partial charge in [-0.25, -0.2) is 14.8 Å². The third kappa shape index (κ3) is 3.91. The molecular formula is C13H10F3N3O2. The average molecular weight is 297 g/mol. The van der Waals surface area contributed by atoms with E-state index in [1.54, 1.807) is 24.3 Å². The van der Waals surface area contributed by atoms with Gasteiger partial charge in [-0.05, 0) is 17.2 Å². The smallest absolute Gasteiger partial charge is 0.451 e. The van der Waals surface area contributed by atoms with Crippen molar-refractivity contribution in [1.82, 2.24) is 15.3 Å². The molecule has 0 unspecified atom stereocenters. The van der Waals surface area contributed by atoms with Gasteiger partial charge in [0.2, 0.25) is 5.82 Å². The van der Waals surface area contributed by atoms with E-state index in [4.69, 9.17) is 5.11 Å². The Bertz CT molecular complexity index is 642. The van der Waals surface area contributed by atoms with Gasteiger partial charge in [-0.15, -0.1) is 0 Å². The minimum atomic E-state index is -4.58. The summed E-state index contributed by atoms with van der Waals surface area (Å²) in [4.78, 5) is 17.0. The van der Waals surface area contributed by atoms with E-state index in [9.17, 15) is 18.0 Å². The molecule has 0 saturated heterocycles. The predicted molar refractivity (Wildman–Crippen MR) is 67.3 cm³/mol. The first-order valence-electron chi connectivity index (χ1n) is 5.81. The number of nitrogens with zero attached hydrogens (tertiary/aromatic N) is 2.